The van der Waals surface area contributed by atoms with Crippen LogP contribution in [0.1, 0.15) is 48.9 Å². The molecule has 1 saturated carbocycles. The summed E-state index contributed by atoms with van der Waals surface area (Å²) in [4.78, 5) is 14.4. The van der Waals surface area contributed by atoms with E-state index in [2.05, 4.69) is 10.6 Å². The van der Waals surface area contributed by atoms with Crippen molar-refractivity contribution in [2.45, 2.75) is 50.2 Å². The Morgan fingerprint density at radius 1 is 1.06 bits per heavy atom. The van der Waals surface area contributed by atoms with Gasteiger partial charge in [-0.05, 0) is 65.8 Å². The summed E-state index contributed by atoms with van der Waals surface area (Å²) in [5.41, 5.74) is -1.67. The zero-order valence-electron chi connectivity index (χ0n) is 18.1. The van der Waals surface area contributed by atoms with Crippen LogP contribution in [-0.4, -0.2) is 47.2 Å². The first-order valence-electron chi connectivity index (χ1n) is 11.2. The zero-order valence-corrected chi connectivity index (χ0v) is 20.3. The van der Waals surface area contributed by atoms with Crippen LogP contribution in [0.2, 0.25) is 0 Å². The fourth-order valence-corrected chi connectivity index (χ4v) is 4.94. The van der Waals surface area contributed by atoms with Crippen LogP contribution in [0.15, 0.2) is 30.3 Å². The van der Waals surface area contributed by atoms with Gasteiger partial charge in [0.1, 0.15) is 11.4 Å². The summed E-state index contributed by atoms with van der Waals surface area (Å²) in [5.74, 6) is -3.61. The molecule has 0 spiro atoms. The maximum absolute atomic E-state index is 14.6. The lowest BCUT2D eigenvalue weighted by Gasteiger charge is -2.47. The minimum absolute atomic E-state index is 0.0679. The molecule has 4 rings (SSSR count). The van der Waals surface area contributed by atoms with E-state index in [1.165, 1.54) is 48.8 Å². The van der Waals surface area contributed by atoms with Crippen LogP contribution in [-0.2, 0) is 0 Å². The third kappa shape index (κ3) is 5.63. The van der Waals surface area contributed by atoms with E-state index in [1.54, 1.807) is 6.07 Å². The van der Waals surface area contributed by atoms with Gasteiger partial charge in [0, 0.05) is 16.2 Å². The molecule has 0 bridgehead atoms. The Balaban J connectivity index is 1.45. The fourth-order valence-electron chi connectivity index (χ4n) is 4.48. The van der Waals surface area contributed by atoms with Crippen LogP contribution in [0, 0.1) is 21.0 Å². The molecular formula is C24H27F3IN3O2. The molecule has 3 N–H and O–H groups in total. The lowest BCUT2D eigenvalue weighted by molar-refractivity contribution is -0.0799. The van der Waals surface area contributed by atoms with Crippen LogP contribution in [0.25, 0.3) is 0 Å². The molecular weight excluding hydrogens is 546 g/mol. The number of amides is 1. The number of anilines is 2. The van der Waals surface area contributed by atoms with Gasteiger partial charge in [-0.1, -0.05) is 25.7 Å². The third-order valence-corrected chi connectivity index (χ3v) is 7.02. The van der Waals surface area contributed by atoms with Crippen LogP contribution in [0.3, 0.4) is 0 Å². The summed E-state index contributed by atoms with van der Waals surface area (Å²) in [6.45, 7) is 0.544. The van der Waals surface area contributed by atoms with Gasteiger partial charge in [-0.15, -0.1) is 0 Å². The van der Waals surface area contributed by atoms with Crippen LogP contribution in [0.4, 0.5) is 24.5 Å². The van der Waals surface area contributed by atoms with Gasteiger partial charge in [0.25, 0.3) is 5.91 Å². The molecule has 1 heterocycles. The molecule has 5 nitrogen and oxygen atoms in total. The van der Waals surface area contributed by atoms with E-state index in [9.17, 15) is 23.1 Å². The Hall–Kier alpha value is -1.85. The molecule has 0 unspecified atom stereocenters. The van der Waals surface area contributed by atoms with Crippen molar-refractivity contribution < 1.29 is 23.1 Å². The van der Waals surface area contributed by atoms with Gasteiger partial charge in [-0.2, -0.15) is 0 Å². The second-order valence-corrected chi connectivity index (χ2v) is 10.2. The molecule has 0 aromatic heterocycles. The molecule has 0 atom stereocenters. The molecule has 2 fully saturated rings. The number of β-amino-alcohol motifs (C(OH)–C–C–N with tert-alkyl or cyclic N) is 1. The Morgan fingerprint density at radius 3 is 2.42 bits per heavy atom. The van der Waals surface area contributed by atoms with E-state index < -0.39 is 34.6 Å². The van der Waals surface area contributed by atoms with Crippen molar-refractivity contribution in [3.05, 3.63) is 56.9 Å². The van der Waals surface area contributed by atoms with E-state index >= 15 is 0 Å². The minimum Gasteiger partial charge on any atom is -0.385 e. The number of hydrogen-bond donors (Lipinski definition) is 3. The molecule has 178 valence electrons. The number of aliphatic hydroxyl groups is 1. The van der Waals surface area contributed by atoms with Gasteiger partial charge in [-0.3, -0.25) is 4.79 Å². The first kappa shape index (κ1) is 24.3. The quantitative estimate of drug-likeness (QED) is 0.338. The van der Waals surface area contributed by atoms with Crippen molar-refractivity contribution in [3.63, 3.8) is 0 Å². The number of hydrogen-bond acceptors (Lipinski definition) is 4. The van der Waals surface area contributed by atoms with Gasteiger partial charge >= 0.3 is 0 Å². The maximum Gasteiger partial charge on any atom is 0.256 e. The smallest absolute Gasteiger partial charge is 0.256 e. The molecule has 9 heteroatoms. The Morgan fingerprint density at radius 2 is 1.76 bits per heavy atom. The summed E-state index contributed by atoms with van der Waals surface area (Å²) in [6, 6.07) is 6.68. The summed E-state index contributed by atoms with van der Waals surface area (Å²) in [5, 5.41) is 16.7. The minimum atomic E-state index is -1.26. The molecule has 2 aromatic carbocycles. The van der Waals surface area contributed by atoms with E-state index in [0.717, 1.165) is 18.9 Å². The van der Waals surface area contributed by atoms with E-state index in [1.807, 2.05) is 22.6 Å². The summed E-state index contributed by atoms with van der Waals surface area (Å²) in [7, 11) is 0. The molecule has 1 aliphatic heterocycles. The number of carbonyl (C=O) groups is 1. The maximum atomic E-state index is 14.6. The number of benzene rings is 2. The standard InChI is InChI=1S/C24H27F3IN3O2/c25-18-9-8-17(22(21(18)27)30-20-10-7-15(28)11-19(20)26)23(32)31-13-24(33,14-31)12-29-16-5-3-1-2-4-6-16/h7-11,16,29-30,33H,1-6,12-14H2. The zero-order chi connectivity index (χ0) is 23.6. The monoisotopic (exact) mass is 573 g/mol. The molecule has 2 aliphatic rings. The molecule has 1 aliphatic carbocycles. The van der Waals surface area contributed by atoms with E-state index in [4.69, 9.17) is 0 Å². The second kappa shape index (κ2) is 10.2. The van der Waals surface area contributed by atoms with Gasteiger partial charge < -0.3 is 20.6 Å². The van der Waals surface area contributed by atoms with Gasteiger partial charge in [0.2, 0.25) is 0 Å². The number of nitrogens with one attached hydrogen (secondary N) is 2. The highest BCUT2D eigenvalue weighted by molar-refractivity contribution is 14.1. The topological polar surface area (TPSA) is 64.6 Å². The Labute approximate surface area is 204 Å². The first-order valence-corrected chi connectivity index (χ1v) is 12.3. The molecule has 33 heavy (non-hydrogen) atoms. The lowest BCUT2D eigenvalue weighted by atomic mass is 9.92. The number of likely N-dealkylation sites (tertiary alicyclic amines) is 1. The highest BCUT2D eigenvalue weighted by Gasteiger charge is 2.44. The van der Waals surface area contributed by atoms with Crippen molar-refractivity contribution >= 4 is 39.9 Å². The van der Waals surface area contributed by atoms with Crippen molar-refractivity contribution in [2.75, 3.05) is 25.0 Å². The average molecular weight is 573 g/mol. The van der Waals surface area contributed by atoms with Gasteiger partial charge in [-0.25, -0.2) is 13.2 Å². The van der Waals surface area contributed by atoms with Gasteiger partial charge in [0.15, 0.2) is 11.6 Å². The molecule has 1 amide bonds. The van der Waals surface area contributed by atoms with E-state index in [-0.39, 0.29) is 24.3 Å². The third-order valence-electron chi connectivity index (χ3n) is 6.35. The summed E-state index contributed by atoms with van der Waals surface area (Å²) >= 11 is 1.94. The first-order chi connectivity index (χ1) is 15.8. The van der Waals surface area contributed by atoms with Crippen LogP contribution < -0.4 is 10.6 Å². The number of halogens is 4. The highest BCUT2D eigenvalue weighted by atomic mass is 127. The predicted molar refractivity (Wildman–Crippen MR) is 129 cm³/mol. The highest BCUT2D eigenvalue weighted by Crippen LogP contribution is 2.32. The lowest BCUT2D eigenvalue weighted by Crippen LogP contribution is -2.67. The Bertz CT molecular complexity index is 1020. The Kier molecular flexibility index (Phi) is 7.49. The fraction of sp³-hybridized carbons (Fsp3) is 0.458. The van der Waals surface area contributed by atoms with Crippen molar-refractivity contribution in [3.8, 4) is 0 Å². The number of carbonyl (C=O) groups excluding carboxylic acids is 1. The molecule has 1 saturated heterocycles. The number of nitrogens with zero attached hydrogens (tertiary/aromatic N) is 1. The largest absolute Gasteiger partial charge is 0.385 e. The number of rotatable bonds is 6. The normalized spacial score (nSPS) is 18.5. The summed E-state index contributed by atoms with van der Waals surface area (Å²) in [6.07, 6.45) is 6.99. The van der Waals surface area contributed by atoms with Gasteiger partial charge in [0.05, 0.1) is 30.0 Å². The van der Waals surface area contributed by atoms with Crippen LogP contribution in [0.5, 0.6) is 0 Å². The molecule has 2 aromatic rings. The predicted octanol–water partition coefficient (Wildman–Crippen LogP) is 4.95. The van der Waals surface area contributed by atoms with Crippen molar-refractivity contribution in [1.82, 2.24) is 10.2 Å². The van der Waals surface area contributed by atoms with Crippen molar-refractivity contribution in [1.29, 1.82) is 0 Å². The SMILES string of the molecule is O=C(c1ccc(F)c(F)c1Nc1ccc(I)cc1F)N1CC(O)(CNC2CCCCCC2)C1. The van der Waals surface area contributed by atoms with Crippen molar-refractivity contribution in [2.24, 2.45) is 0 Å². The average Bonchev–Trinajstić information content (AvgIpc) is 3.04. The summed E-state index contributed by atoms with van der Waals surface area (Å²) < 4.78 is 43.5. The molecule has 0 radical (unpaired) electrons. The second-order valence-electron chi connectivity index (χ2n) is 8.99. The van der Waals surface area contributed by atoms with E-state index in [0.29, 0.717) is 16.2 Å². The van der Waals surface area contributed by atoms with Crippen LogP contribution >= 0.6 is 22.6 Å².